The van der Waals surface area contributed by atoms with E-state index in [9.17, 15) is 14.4 Å². The summed E-state index contributed by atoms with van der Waals surface area (Å²) >= 11 is 0. The van der Waals surface area contributed by atoms with Crippen LogP contribution in [0.1, 0.15) is 52.6 Å². The number of amides is 3. The maximum atomic E-state index is 14.0. The number of carbonyl (C=O) groups excluding carboxylic acids is 3. The molecule has 200 valence electrons. The summed E-state index contributed by atoms with van der Waals surface area (Å²) in [6, 6.07) is 14.1. The standard InChI is InChI=1S/C29H39N3O5/c1-8-19-32(27(34)24(20(3)9-2)31-28(35)37-29(4,5)6)25(21-13-11-10-12-14-21)26(33)30-22-15-17-23(36-7)18-16-22/h8,10-18,20,24-25H,1,9,19H2,2-7H3,(H,30,33)(H,31,35). The van der Waals surface area contributed by atoms with Crippen LogP contribution >= 0.6 is 0 Å². The fourth-order valence-electron chi connectivity index (χ4n) is 3.75. The summed E-state index contributed by atoms with van der Waals surface area (Å²) in [6.45, 7) is 13.0. The lowest BCUT2D eigenvalue weighted by Crippen LogP contribution is -2.54. The number of alkyl carbamates (subject to hydrolysis) is 1. The zero-order valence-electron chi connectivity index (χ0n) is 22.6. The van der Waals surface area contributed by atoms with Gasteiger partial charge < -0.3 is 25.0 Å². The number of hydrogen-bond acceptors (Lipinski definition) is 5. The number of anilines is 1. The molecule has 0 saturated heterocycles. The van der Waals surface area contributed by atoms with Gasteiger partial charge >= 0.3 is 6.09 Å². The van der Waals surface area contributed by atoms with Crippen LogP contribution in [0.2, 0.25) is 0 Å². The summed E-state index contributed by atoms with van der Waals surface area (Å²) in [5.74, 6) is -0.357. The molecule has 2 N–H and O–H groups in total. The first-order valence-electron chi connectivity index (χ1n) is 12.4. The van der Waals surface area contributed by atoms with Gasteiger partial charge in [0, 0.05) is 12.2 Å². The normalized spacial score (nSPS) is 13.5. The van der Waals surface area contributed by atoms with Crippen molar-refractivity contribution in [3.63, 3.8) is 0 Å². The maximum Gasteiger partial charge on any atom is 0.408 e. The van der Waals surface area contributed by atoms with Crippen molar-refractivity contribution in [3.05, 3.63) is 72.8 Å². The summed E-state index contributed by atoms with van der Waals surface area (Å²) in [5, 5.41) is 5.64. The van der Waals surface area contributed by atoms with E-state index in [1.807, 2.05) is 32.0 Å². The number of nitrogens with zero attached hydrogens (tertiary/aromatic N) is 1. The molecule has 2 aromatic carbocycles. The Labute approximate surface area is 220 Å². The number of benzene rings is 2. The molecule has 0 saturated carbocycles. The fourth-order valence-corrected chi connectivity index (χ4v) is 3.75. The number of rotatable bonds is 11. The lowest BCUT2D eigenvalue weighted by Gasteiger charge is -2.35. The summed E-state index contributed by atoms with van der Waals surface area (Å²) < 4.78 is 10.6. The van der Waals surface area contributed by atoms with Crippen LogP contribution in [0.4, 0.5) is 10.5 Å². The van der Waals surface area contributed by atoms with Crippen LogP contribution in [0.3, 0.4) is 0 Å². The molecule has 3 atom stereocenters. The average Bonchev–Trinajstić information content (AvgIpc) is 2.86. The van der Waals surface area contributed by atoms with Crippen molar-refractivity contribution < 1.29 is 23.9 Å². The van der Waals surface area contributed by atoms with Gasteiger partial charge in [0.2, 0.25) is 5.91 Å². The van der Waals surface area contributed by atoms with E-state index in [0.29, 0.717) is 23.4 Å². The molecule has 3 amide bonds. The molecule has 2 aromatic rings. The van der Waals surface area contributed by atoms with E-state index in [1.165, 1.54) is 4.90 Å². The molecule has 3 unspecified atom stereocenters. The Kier molecular flexibility index (Phi) is 10.7. The Bertz CT molecular complexity index is 1050. The van der Waals surface area contributed by atoms with Crippen LogP contribution in [0.25, 0.3) is 0 Å². The highest BCUT2D eigenvalue weighted by Crippen LogP contribution is 2.26. The topological polar surface area (TPSA) is 97.0 Å². The molecule has 0 bridgehead atoms. The molecular weight excluding hydrogens is 470 g/mol. The summed E-state index contributed by atoms with van der Waals surface area (Å²) in [7, 11) is 1.57. The largest absolute Gasteiger partial charge is 0.497 e. The molecule has 8 heteroatoms. The third-order valence-corrected chi connectivity index (χ3v) is 5.79. The lowest BCUT2D eigenvalue weighted by molar-refractivity contribution is -0.141. The van der Waals surface area contributed by atoms with E-state index in [4.69, 9.17) is 9.47 Å². The number of ether oxygens (including phenoxy) is 2. The van der Waals surface area contributed by atoms with Crippen molar-refractivity contribution >= 4 is 23.6 Å². The molecule has 37 heavy (non-hydrogen) atoms. The van der Waals surface area contributed by atoms with Crippen molar-refractivity contribution in [1.29, 1.82) is 0 Å². The first-order chi connectivity index (χ1) is 17.5. The van der Waals surface area contributed by atoms with Crippen LogP contribution in [-0.2, 0) is 14.3 Å². The van der Waals surface area contributed by atoms with Gasteiger partial charge in [-0.1, -0.05) is 56.7 Å². The van der Waals surface area contributed by atoms with Crippen LogP contribution in [-0.4, -0.2) is 48.1 Å². The molecule has 0 aliphatic carbocycles. The van der Waals surface area contributed by atoms with Gasteiger partial charge in [-0.25, -0.2) is 4.79 Å². The van der Waals surface area contributed by atoms with Crippen molar-refractivity contribution in [1.82, 2.24) is 10.2 Å². The van der Waals surface area contributed by atoms with E-state index in [1.54, 1.807) is 70.4 Å². The molecule has 0 radical (unpaired) electrons. The van der Waals surface area contributed by atoms with Gasteiger partial charge in [0.1, 0.15) is 23.4 Å². The van der Waals surface area contributed by atoms with Crippen LogP contribution in [0.15, 0.2) is 67.3 Å². The van der Waals surface area contributed by atoms with Gasteiger partial charge in [0.05, 0.1) is 7.11 Å². The molecule has 0 aromatic heterocycles. The zero-order valence-corrected chi connectivity index (χ0v) is 22.6. The molecule has 0 spiro atoms. The minimum atomic E-state index is -0.971. The highest BCUT2D eigenvalue weighted by Gasteiger charge is 2.37. The van der Waals surface area contributed by atoms with Crippen LogP contribution in [0.5, 0.6) is 5.75 Å². The van der Waals surface area contributed by atoms with E-state index in [-0.39, 0.29) is 12.5 Å². The first kappa shape index (κ1) is 29.4. The Morgan fingerprint density at radius 2 is 1.68 bits per heavy atom. The summed E-state index contributed by atoms with van der Waals surface area (Å²) in [4.78, 5) is 41.7. The third-order valence-electron chi connectivity index (χ3n) is 5.79. The van der Waals surface area contributed by atoms with Gasteiger partial charge in [0.15, 0.2) is 0 Å². The molecular formula is C29H39N3O5. The highest BCUT2D eigenvalue weighted by molar-refractivity contribution is 5.99. The zero-order chi connectivity index (χ0) is 27.6. The molecule has 8 nitrogen and oxygen atoms in total. The Morgan fingerprint density at radius 1 is 1.05 bits per heavy atom. The second-order valence-electron chi connectivity index (χ2n) is 9.82. The van der Waals surface area contributed by atoms with Gasteiger partial charge in [-0.15, -0.1) is 6.58 Å². The van der Waals surface area contributed by atoms with Crippen LogP contribution < -0.4 is 15.4 Å². The summed E-state index contributed by atoms with van der Waals surface area (Å²) in [5.41, 5.74) is 0.464. The minimum absolute atomic E-state index is 0.0946. The number of methoxy groups -OCH3 is 1. The summed E-state index contributed by atoms with van der Waals surface area (Å²) in [6.07, 6.45) is 1.50. The molecule has 0 aliphatic rings. The van der Waals surface area contributed by atoms with E-state index < -0.39 is 35.6 Å². The average molecular weight is 510 g/mol. The van der Waals surface area contributed by atoms with Gasteiger partial charge in [-0.2, -0.15) is 0 Å². The number of nitrogens with one attached hydrogen (secondary N) is 2. The van der Waals surface area contributed by atoms with Gasteiger partial charge in [0.25, 0.3) is 5.91 Å². The first-order valence-corrected chi connectivity index (χ1v) is 12.4. The van der Waals surface area contributed by atoms with Crippen molar-refractivity contribution in [2.75, 3.05) is 19.0 Å². The minimum Gasteiger partial charge on any atom is -0.497 e. The molecule has 0 fully saturated rings. The van der Waals surface area contributed by atoms with Gasteiger partial charge in [-0.3, -0.25) is 9.59 Å². The Balaban J connectivity index is 2.45. The van der Waals surface area contributed by atoms with Crippen molar-refractivity contribution in [2.45, 2.75) is 58.7 Å². The predicted molar refractivity (Wildman–Crippen MR) is 145 cm³/mol. The second kappa shape index (κ2) is 13.5. The van der Waals surface area contributed by atoms with E-state index in [0.717, 1.165) is 0 Å². The fraction of sp³-hybridized carbons (Fsp3) is 0.414. The van der Waals surface area contributed by atoms with E-state index in [2.05, 4.69) is 17.2 Å². The van der Waals surface area contributed by atoms with Crippen LogP contribution in [0, 0.1) is 5.92 Å². The smallest absolute Gasteiger partial charge is 0.408 e. The third kappa shape index (κ3) is 8.66. The van der Waals surface area contributed by atoms with Gasteiger partial charge in [-0.05, 0) is 56.5 Å². The Morgan fingerprint density at radius 3 is 2.19 bits per heavy atom. The molecule has 2 rings (SSSR count). The number of carbonyl (C=O) groups is 3. The lowest BCUT2D eigenvalue weighted by atomic mass is 9.95. The SMILES string of the molecule is C=CCN(C(=O)C(NC(=O)OC(C)(C)C)C(C)CC)C(C(=O)Nc1ccc(OC)cc1)c1ccccc1. The molecule has 0 heterocycles. The molecule has 0 aliphatic heterocycles. The predicted octanol–water partition coefficient (Wildman–Crippen LogP) is 5.33. The van der Waals surface area contributed by atoms with Crippen molar-refractivity contribution in [3.8, 4) is 5.75 Å². The Hall–Kier alpha value is -3.81. The second-order valence-corrected chi connectivity index (χ2v) is 9.82. The monoisotopic (exact) mass is 509 g/mol. The highest BCUT2D eigenvalue weighted by atomic mass is 16.6. The number of hydrogen-bond donors (Lipinski definition) is 2. The van der Waals surface area contributed by atoms with E-state index >= 15 is 0 Å². The maximum absolute atomic E-state index is 14.0. The quantitative estimate of drug-likeness (QED) is 0.399. The van der Waals surface area contributed by atoms with Crippen molar-refractivity contribution in [2.24, 2.45) is 5.92 Å².